The first-order chi connectivity index (χ1) is 8.19. The van der Waals surface area contributed by atoms with E-state index in [1.165, 1.54) is 5.69 Å². The quantitative estimate of drug-likeness (QED) is 0.754. The summed E-state index contributed by atoms with van der Waals surface area (Å²) < 4.78 is 7.52. The van der Waals surface area contributed by atoms with Crippen molar-refractivity contribution in [3.63, 3.8) is 0 Å². The second-order valence-electron chi connectivity index (χ2n) is 4.53. The van der Waals surface area contributed by atoms with Crippen molar-refractivity contribution >= 4 is 0 Å². The van der Waals surface area contributed by atoms with Gasteiger partial charge in [-0.2, -0.15) is 5.10 Å². The highest BCUT2D eigenvalue weighted by Gasteiger charge is 2.13. The Morgan fingerprint density at radius 2 is 2.18 bits per heavy atom. The van der Waals surface area contributed by atoms with Crippen molar-refractivity contribution in [2.45, 2.75) is 46.8 Å². The molecule has 0 fully saturated rings. The van der Waals surface area contributed by atoms with Crippen LogP contribution in [0.15, 0.2) is 12.3 Å². The molecule has 0 aromatic carbocycles. The Hall–Kier alpha value is -0.870. The predicted molar refractivity (Wildman–Crippen MR) is 69.9 cm³/mol. The lowest BCUT2D eigenvalue weighted by molar-refractivity contribution is 0.107. The van der Waals surface area contributed by atoms with Crippen molar-refractivity contribution in [1.82, 2.24) is 15.1 Å². The zero-order chi connectivity index (χ0) is 12.7. The molecule has 1 rings (SSSR count). The summed E-state index contributed by atoms with van der Waals surface area (Å²) in [6.07, 6.45) is 1.85. The summed E-state index contributed by atoms with van der Waals surface area (Å²) in [4.78, 5) is 0. The van der Waals surface area contributed by atoms with Crippen molar-refractivity contribution < 1.29 is 4.74 Å². The molecule has 4 nitrogen and oxygen atoms in total. The lowest BCUT2D eigenvalue weighted by atomic mass is 10.1. The van der Waals surface area contributed by atoms with Gasteiger partial charge in [0.05, 0.1) is 12.3 Å². The molecule has 1 heterocycles. The van der Waals surface area contributed by atoms with Gasteiger partial charge < -0.3 is 10.1 Å². The summed E-state index contributed by atoms with van der Waals surface area (Å²) in [5.74, 6) is 0.569. The molecule has 98 valence electrons. The fourth-order valence-corrected chi connectivity index (χ4v) is 1.76. The van der Waals surface area contributed by atoms with Crippen LogP contribution in [0.5, 0.6) is 0 Å². The molecular weight excluding hydrogens is 214 g/mol. The third-order valence-corrected chi connectivity index (χ3v) is 2.96. The number of rotatable bonds is 8. The van der Waals surface area contributed by atoms with Crippen LogP contribution in [-0.4, -0.2) is 29.0 Å². The number of ether oxygens (including phenoxy) is 1. The van der Waals surface area contributed by atoms with E-state index in [-0.39, 0.29) is 0 Å². The summed E-state index contributed by atoms with van der Waals surface area (Å²) >= 11 is 0. The molecule has 0 aliphatic carbocycles. The molecule has 1 atom stereocenters. The molecule has 0 radical (unpaired) electrons. The third-order valence-electron chi connectivity index (χ3n) is 2.96. The first kappa shape index (κ1) is 14.2. The fourth-order valence-electron chi connectivity index (χ4n) is 1.76. The van der Waals surface area contributed by atoms with Crippen LogP contribution in [-0.2, 0) is 17.8 Å². The van der Waals surface area contributed by atoms with Crippen LogP contribution >= 0.6 is 0 Å². The van der Waals surface area contributed by atoms with E-state index in [4.69, 9.17) is 4.74 Å². The second-order valence-corrected chi connectivity index (χ2v) is 4.53. The number of nitrogens with zero attached hydrogens (tertiary/aromatic N) is 2. The maximum atomic E-state index is 5.50. The average Bonchev–Trinajstić information content (AvgIpc) is 2.76. The van der Waals surface area contributed by atoms with Gasteiger partial charge in [-0.15, -0.1) is 0 Å². The van der Waals surface area contributed by atoms with Crippen LogP contribution in [0.3, 0.4) is 0 Å². The first-order valence-electron chi connectivity index (χ1n) is 6.50. The summed E-state index contributed by atoms with van der Waals surface area (Å²) in [6.45, 7) is 11.9. The van der Waals surface area contributed by atoms with Crippen LogP contribution in [0.2, 0.25) is 0 Å². The molecule has 17 heavy (non-hydrogen) atoms. The van der Waals surface area contributed by atoms with Gasteiger partial charge >= 0.3 is 0 Å². The van der Waals surface area contributed by atoms with E-state index >= 15 is 0 Å². The van der Waals surface area contributed by atoms with Gasteiger partial charge in [0.15, 0.2) is 0 Å². The van der Waals surface area contributed by atoms with Crippen LogP contribution in [0.4, 0.5) is 0 Å². The minimum Gasteiger partial charge on any atom is -0.380 e. The zero-order valence-electron chi connectivity index (χ0n) is 11.4. The smallest absolute Gasteiger partial charge is 0.0622 e. The number of nitrogens with one attached hydrogen (secondary N) is 1. The fraction of sp³-hybridized carbons (Fsp3) is 0.769. The maximum Gasteiger partial charge on any atom is 0.0622 e. The molecule has 0 spiro atoms. The van der Waals surface area contributed by atoms with Crippen molar-refractivity contribution in [3.05, 3.63) is 18.0 Å². The Balaban J connectivity index is 2.45. The summed E-state index contributed by atoms with van der Waals surface area (Å²) in [6, 6.07) is 2.46. The third kappa shape index (κ3) is 4.48. The van der Waals surface area contributed by atoms with E-state index in [1.54, 1.807) is 0 Å². The first-order valence-corrected chi connectivity index (χ1v) is 6.50. The Morgan fingerprint density at radius 3 is 2.76 bits per heavy atom. The summed E-state index contributed by atoms with van der Waals surface area (Å²) in [7, 11) is 0. The summed E-state index contributed by atoms with van der Waals surface area (Å²) in [5, 5.41) is 7.81. The lowest BCUT2D eigenvalue weighted by Crippen LogP contribution is -2.38. The molecule has 0 aliphatic rings. The van der Waals surface area contributed by atoms with E-state index in [2.05, 4.69) is 37.3 Å². The van der Waals surface area contributed by atoms with Gasteiger partial charge in [-0.3, -0.25) is 4.68 Å². The Labute approximate surface area is 104 Å². The van der Waals surface area contributed by atoms with Crippen molar-refractivity contribution in [2.75, 3.05) is 13.2 Å². The van der Waals surface area contributed by atoms with E-state index in [1.807, 2.05) is 17.8 Å². The average molecular weight is 239 g/mol. The van der Waals surface area contributed by atoms with E-state index in [0.29, 0.717) is 12.0 Å². The molecule has 1 N–H and O–H groups in total. The van der Waals surface area contributed by atoms with E-state index in [9.17, 15) is 0 Å². The minimum absolute atomic E-state index is 0.398. The molecule has 1 unspecified atom stereocenters. The van der Waals surface area contributed by atoms with Crippen molar-refractivity contribution in [2.24, 2.45) is 5.92 Å². The highest BCUT2D eigenvalue weighted by atomic mass is 16.5. The van der Waals surface area contributed by atoms with Gasteiger partial charge in [-0.1, -0.05) is 13.8 Å². The molecule has 0 saturated carbocycles. The largest absolute Gasteiger partial charge is 0.380 e. The standard InChI is InChI=1S/C13H25N3O/c1-5-16-12(7-8-15-16)9-14-13(11(3)4)10-17-6-2/h7-8,11,13-14H,5-6,9-10H2,1-4H3. The monoisotopic (exact) mass is 239 g/mol. The van der Waals surface area contributed by atoms with Gasteiger partial charge in [0, 0.05) is 31.9 Å². The van der Waals surface area contributed by atoms with Crippen LogP contribution in [0.25, 0.3) is 0 Å². The molecule has 0 aliphatic heterocycles. The van der Waals surface area contributed by atoms with E-state index < -0.39 is 0 Å². The lowest BCUT2D eigenvalue weighted by Gasteiger charge is -2.22. The molecule has 4 heteroatoms. The molecule has 0 saturated heterocycles. The van der Waals surface area contributed by atoms with Gasteiger partial charge in [0.25, 0.3) is 0 Å². The zero-order valence-corrected chi connectivity index (χ0v) is 11.4. The van der Waals surface area contributed by atoms with Crippen LogP contribution < -0.4 is 5.32 Å². The molecular formula is C13H25N3O. The predicted octanol–water partition coefficient (Wildman–Crippen LogP) is 2.05. The second kappa shape index (κ2) is 7.45. The van der Waals surface area contributed by atoms with Gasteiger partial charge in [-0.05, 0) is 25.8 Å². The van der Waals surface area contributed by atoms with Gasteiger partial charge in [0.1, 0.15) is 0 Å². The number of hydrogen-bond acceptors (Lipinski definition) is 3. The normalized spacial score (nSPS) is 13.2. The SMILES string of the molecule is CCOCC(NCc1ccnn1CC)C(C)C. The number of aryl methyl sites for hydroxylation is 1. The highest BCUT2D eigenvalue weighted by molar-refractivity contribution is 5.00. The molecule has 0 amide bonds. The van der Waals surface area contributed by atoms with Crippen LogP contribution in [0, 0.1) is 5.92 Å². The van der Waals surface area contributed by atoms with Gasteiger partial charge in [0.2, 0.25) is 0 Å². The highest BCUT2D eigenvalue weighted by Crippen LogP contribution is 2.05. The topological polar surface area (TPSA) is 39.1 Å². The number of hydrogen-bond donors (Lipinski definition) is 1. The maximum absolute atomic E-state index is 5.50. The Bertz CT molecular complexity index is 309. The Kier molecular flexibility index (Phi) is 6.22. The number of aromatic nitrogens is 2. The minimum atomic E-state index is 0.398. The van der Waals surface area contributed by atoms with Crippen LogP contribution in [0.1, 0.15) is 33.4 Å². The summed E-state index contributed by atoms with van der Waals surface area (Å²) in [5.41, 5.74) is 1.23. The Morgan fingerprint density at radius 1 is 1.41 bits per heavy atom. The molecule has 1 aromatic heterocycles. The van der Waals surface area contributed by atoms with Gasteiger partial charge in [-0.25, -0.2) is 0 Å². The molecule has 0 bridgehead atoms. The van der Waals surface area contributed by atoms with Crippen molar-refractivity contribution in [1.29, 1.82) is 0 Å². The van der Waals surface area contributed by atoms with E-state index in [0.717, 1.165) is 26.3 Å². The van der Waals surface area contributed by atoms with Crippen molar-refractivity contribution in [3.8, 4) is 0 Å². The molecule has 1 aromatic rings.